The maximum absolute atomic E-state index is 12.0. The van der Waals surface area contributed by atoms with Crippen molar-refractivity contribution in [3.05, 3.63) is 12.7 Å². The van der Waals surface area contributed by atoms with Crippen molar-refractivity contribution in [2.45, 2.75) is 43.9 Å². The Morgan fingerprint density at radius 1 is 1.58 bits per heavy atom. The van der Waals surface area contributed by atoms with Gasteiger partial charge in [-0.2, -0.15) is 0 Å². The van der Waals surface area contributed by atoms with E-state index in [1.165, 1.54) is 6.26 Å². The number of amides is 2. The van der Waals surface area contributed by atoms with Crippen LogP contribution in [0.5, 0.6) is 0 Å². The van der Waals surface area contributed by atoms with Gasteiger partial charge in [-0.15, -0.1) is 6.58 Å². The molecule has 0 aliphatic carbocycles. The highest BCUT2D eigenvalue weighted by molar-refractivity contribution is 7.91. The van der Waals surface area contributed by atoms with E-state index in [1.54, 1.807) is 4.90 Å². The number of rotatable bonds is 6. The Morgan fingerprint density at radius 3 is 2.79 bits per heavy atom. The first-order chi connectivity index (χ1) is 8.84. The summed E-state index contributed by atoms with van der Waals surface area (Å²) in [6.45, 7) is 6.45. The van der Waals surface area contributed by atoms with Crippen molar-refractivity contribution in [3.63, 3.8) is 0 Å². The molecule has 110 valence electrons. The number of nitrogens with zero attached hydrogens (tertiary/aromatic N) is 1. The van der Waals surface area contributed by atoms with Gasteiger partial charge in [0.1, 0.15) is 0 Å². The minimum Gasteiger partial charge on any atom is -0.336 e. The van der Waals surface area contributed by atoms with E-state index in [0.717, 1.165) is 19.3 Å². The van der Waals surface area contributed by atoms with Gasteiger partial charge >= 0.3 is 6.03 Å². The van der Waals surface area contributed by atoms with Gasteiger partial charge in [0, 0.05) is 25.4 Å². The summed E-state index contributed by atoms with van der Waals surface area (Å²) in [6, 6.07) is -0.0537. The number of allylic oxidation sites excluding steroid dienone is 1. The molecule has 1 rings (SSSR count). The zero-order valence-corrected chi connectivity index (χ0v) is 12.6. The fraction of sp³-hybridized carbons (Fsp3) is 0.769. The molecule has 1 aliphatic rings. The van der Waals surface area contributed by atoms with Crippen LogP contribution in [0.1, 0.15) is 32.6 Å². The van der Waals surface area contributed by atoms with E-state index in [9.17, 15) is 13.2 Å². The van der Waals surface area contributed by atoms with Gasteiger partial charge in [0.2, 0.25) is 0 Å². The Kier molecular flexibility index (Phi) is 5.85. The Bertz CT molecular complexity index is 420. The molecule has 5 nitrogen and oxygen atoms in total. The Balaban J connectivity index is 2.37. The third kappa shape index (κ3) is 5.22. The van der Waals surface area contributed by atoms with Crippen LogP contribution in [-0.2, 0) is 9.84 Å². The third-order valence-electron chi connectivity index (χ3n) is 3.45. The Hall–Kier alpha value is -1.04. The molecule has 1 fully saturated rings. The minimum atomic E-state index is -3.05. The second-order valence-corrected chi connectivity index (χ2v) is 7.58. The van der Waals surface area contributed by atoms with Crippen LogP contribution in [0.25, 0.3) is 0 Å². The monoisotopic (exact) mass is 288 g/mol. The Morgan fingerprint density at radius 2 is 2.26 bits per heavy atom. The lowest BCUT2D eigenvalue weighted by Gasteiger charge is -2.20. The lowest BCUT2D eigenvalue weighted by atomic mass is 10.1. The molecule has 1 heterocycles. The number of hydrogen-bond acceptors (Lipinski definition) is 3. The quantitative estimate of drug-likeness (QED) is 0.596. The summed E-state index contributed by atoms with van der Waals surface area (Å²) in [7, 11) is -3.05. The summed E-state index contributed by atoms with van der Waals surface area (Å²) in [4.78, 5) is 13.6. The van der Waals surface area contributed by atoms with Gasteiger partial charge in [0.05, 0.1) is 5.25 Å². The van der Waals surface area contributed by atoms with Gasteiger partial charge in [-0.05, 0) is 32.6 Å². The first-order valence-electron chi connectivity index (χ1n) is 6.69. The molecule has 0 bridgehead atoms. The molecule has 0 aromatic rings. The SMILES string of the molecule is C=CCCCC(C)NC(=O)N1CCC(S(C)(=O)=O)C1. The van der Waals surface area contributed by atoms with Crippen LogP contribution >= 0.6 is 0 Å². The van der Waals surface area contributed by atoms with Crippen molar-refractivity contribution in [2.75, 3.05) is 19.3 Å². The molecule has 2 unspecified atom stereocenters. The van der Waals surface area contributed by atoms with E-state index in [0.29, 0.717) is 19.5 Å². The summed E-state index contributed by atoms with van der Waals surface area (Å²) in [5, 5.41) is 2.50. The van der Waals surface area contributed by atoms with Crippen molar-refractivity contribution in [2.24, 2.45) is 0 Å². The second-order valence-electron chi connectivity index (χ2n) is 5.26. The summed E-state index contributed by atoms with van der Waals surface area (Å²) >= 11 is 0. The van der Waals surface area contributed by atoms with Crippen LogP contribution in [-0.4, -0.2) is 50.0 Å². The molecule has 0 radical (unpaired) electrons. The van der Waals surface area contributed by atoms with Gasteiger partial charge in [-0.25, -0.2) is 13.2 Å². The van der Waals surface area contributed by atoms with E-state index in [4.69, 9.17) is 0 Å². The summed E-state index contributed by atoms with van der Waals surface area (Å²) in [5.41, 5.74) is 0. The molecule has 1 N–H and O–H groups in total. The summed E-state index contributed by atoms with van der Waals surface area (Å²) in [5.74, 6) is 0. The number of unbranched alkanes of at least 4 members (excludes halogenated alkanes) is 1. The van der Waals surface area contributed by atoms with Crippen molar-refractivity contribution in [3.8, 4) is 0 Å². The number of hydrogen-bond donors (Lipinski definition) is 1. The van der Waals surface area contributed by atoms with E-state index in [-0.39, 0.29) is 12.1 Å². The topological polar surface area (TPSA) is 66.5 Å². The molecular weight excluding hydrogens is 264 g/mol. The minimum absolute atomic E-state index is 0.102. The van der Waals surface area contributed by atoms with Crippen LogP contribution in [0.15, 0.2) is 12.7 Å². The van der Waals surface area contributed by atoms with Crippen LogP contribution in [0.2, 0.25) is 0 Å². The van der Waals surface area contributed by atoms with Crippen LogP contribution in [0.4, 0.5) is 4.79 Å². The molecule has 0 saturated carbocycles. The molecule has 19 heavy (non-hydrogen) atoms. The van der Waals surface area contributed by atoms with Crippen molar-refractivity contribution >= 4 is 15.9 Å². The maximum atomic E-state index is 12.0. The number of likely N-dealkylation sites (tertiary alicyclic amines) is 1. The number of nitrogens with one attached hydrogen (secondary N) is 1. The van der Waals surface area contributed by atoms with E-state index in [1.807, 2.05) is 13.0 Å². The number of carbonyl (C=O) groups is 1. The molecular formula is C13H24N2O3S. The van der Waals surface area contributed by atoms with Crippen molar-refractivity contribution in [1.29, 1.82) is 0 Å². The van der Waals surface area contributed by atoms with Crippen LogP contribution in [0, 0.1) is 0 Å². The van der Waals surface area contributed by atoms with E-state index < -0.39 is 15.1 Å². The van der Waals surface area contributed by atoms with E-state index in [2.05, 4.69) is 11.9 Å². The number of sulfone groups is 1. The molecule has 0 aromatic carbocycles. The van der Waals surface area contributed by atoms with Crippen molar-refractivity contribution in [1.82, 2.24) is 10.2 Å². The maximum Gasteiger partial charge on any atom is 0.317 e. The lowest BCUT2D eigenvalue weighted by molar-refractivity contribution is 0.204. The highest BCUT2D eigenvalue weighted by Gasteiger charge is 2.32. The highest BCUT2D eigenvalue weighted by Crippen LogP contribution is 2.16. The third-order valence-corrected chi connectivity index (χ3v) is 5.05. The average molecular weight is 288 g/mol. The Labute approximate surface area is 116 Å². The molecule has 2 amide bonds. The molecule has 6 heteroatoms. The fourth-order valence-corrected chi connectivity index (χ4v) is 3.19. The van der Waals surface area contributed by atoms with Gasteiger partial charge in [0.25, 0.3) is 0 Å². The molecule has 1 saturated heterocycles. The van der Waals surface area contributed by atoms with Gasteiger partial charge in [-0.1, -0.05) is 6.08 Å². The predicted octanol–water partition coefficient (Wildman–Crippen LogP) is 1.56. The van der Waals surface area contributed by atoms with Gasteiger partial charge < -0.3 is 10.2 Å². The normalized spacial score (nSPS) is 21.2. The molecule has 2 atom stereocenters. The van der Waals surface area contributed by atoms with Gasteiger partial charge in [0.15, 0.2) is 9.84 Å². The second kappa shape index (κ2) is 6.93. The lowest BCUT2D eigenvalue weighted by Crippen LogP contribution is -2.43. The average Bonchev–Trinajstić information content (AvgIpc) is 2.78. The van der Waals surface area contributed by atoms with Crippen LogP contribution in [0.3, 0.4) is 0 Å². The molecule has 0 spiro atoms. The molecule has 0 aromatic heterocycles. The first-order valence-corrected chi connectivity index (χ1v) is 8.65. The molecule has 1 aliphatic heterocycles. The van der Waals surface area contributed by atoms with Crippen molar-refractivity contribution < 1.29 is 13.2 Å². The van der Waals surface area contributed by atoms with Crippen LogP contribution < -0.4 is 5.32 Å². The zero-order chi connectivity index (χ0) is 14.5. The summed E-state index contributed by atoms with van der Waals surface area (Å²) < 4.78 is 22.9. The first kappa shape index (κ1) is 16.0. The predicted molar refractivity (Wildman–Crippen MR) is 76.9 cm³/mol. The summed E-state index contributed by atoms with van der Waals surface area (Å²) in [6.07, 6.45) is 6.48. The fourth-order valence-electron chi connectivity index (χ4n) is 2.20. The largest absolute Gasteiger partial charge is 0.336 e. The smallest absolute Gasteiger partial charge is 0.317 e. The van der Waals surface area contributed by atoms with Gasteiger partial charge in [-0.3, -0.25) is 0 Å². The highest BCUT2D eigenvalue weighted by atomic mass is 32.2. The van der Waals surface area contributed by atoms with E-state index >= 15 is 0 Å². The number of urea groups is 1. The number of carbonyl (C=O) groups excluding carboxylic acids is 1. The standard InChI is InChI=1S/C13H24N2O3S/c1-4-5-6-7-11(2)14-13(16)15-9-8-12(10-15)19(3,17)18/h4,11-12H,1,5-10H2,2-3H3,(H,14,16). The zero-order valence-electron chi connectivity index (χ0n) is 11.8.